The molecule has 5 rings (SSSR count). The Hall–Kier alpha value is -3.39. The summed E-state index contributed by atoms with van der Waals surface area (Å²) in [6.07, 6.45) is -3.74. The summed E-state index contributed by atoms with van der Waals surface area (Å²) in [6.45, 7) is 0.608. The Bertz CT molecular complexity index is 1240. The van der Waals surface area contributed by atoms with Crippen LogP contribution in [0, 0.1) is 0 Å². The summed E-state index contributed by atoms with van der Waals surface area (Å²) in [4.78, 5) is 15.4. The number of anilines is 1. The molecule has 0 unspecified atom stereocenters. The van der Waals surface area contributed by atoms with Crippen LogP contribution >= 0.6 is 11.3 Å². The van der Waals surface area contributed by atoms with Gasteiger partial charge in [-0.25, -0.2) is 4.68 Å². The van der Waals surface area contributed by atoms with Crippen LogP contribution in [0.3, 0.4) is 0 Å². The highest BCUT2D eigenvalue weighted by molar-refractivity contribution is 7.13. The minimum absolute atomic E-state index is 0.133. The minimum atomic E-state index is -4.55. The van der Waals surface area contributed by atoms with Crippen molar-refractivity contribution in [2.45, 2.75) is 12.6 Å². The molecule has 0 atom stereocenters. The van der Waals surface area contributed by atoms with Crippen molar-refractivity contribution in [2.75, 3.05) is 11.4 Å². The van der Waals surface area contributed by atoms with Crippen molar-refractivity contribution in [1.29, 1.82) is 0 Å². The lowest BCUT2D eigenvalue weighted by Crippen LogP contribution is -2.28. The van der Waals surface area contributed by atoms with E-state index in [9.17, 15) is 18.0 Å². The minimum Gasteiger partial charge on any atom is -0.308 e. The predicted octanol–water partition coefficient (Wildman–Crippen LogP) is 5.82. The van der Waals surface area contributed by atoms with E-state index in [1.54, 1.807) is 46.7 Å². The van der Waals surface area contributed by atoms with E-state index in [0.717, 1.165) is 23.7 Å². The van der Waals surface area contributed by atoms with Crippen molar-refractivity contribution in [3.8, 4) is 16.3 Å². The fourth-order valence-corrected chi connectivity index (χ4v) is 4.49. The second-order valence-electron chi connectivity index (χ2n) is 7.18. The van der Waals surface area contributed by atoms with Crippen LogP contribution in [0.1, 0.15) is 21.6 Å². The Kier molecular flexibility index (Phi) is 4.66. The van der Waals surface area contributed by atoms with Crippen molar-refractivity contribution >= 4 is 22.9 Å². The highest BCUT2D eigenvalue weighted by Crippen LogP contribution is 2.35. The van der Waals surface area contributed by atoms with E-state index in [2.05, 4.69) is 5.10 Å². The van der Waals surface area contributed by atoms with Gasteiger partial charge < -0.3 is 4.90 Å². The van der Waals surface area contributed by atoms with Crippen LogP contribution in [0.5, 0.6) is 0 Å². The summed E-state index contributed by atoms with van der Waals surface area (Å²) in [6, 6.07) is 18.9. The smallest absolute Gasteiger partial charge is 0.308 e. The Morgan fingerprint density at radius 1 is 1.00 bits per heavy atom. The van der Waals surface area contributed by atoms with Crippen LogP contribution < -0.4 is 4.90 Å². The lowest BCUT2D eigenvalue weighted by Gasteiger charge is -2.17. The third-order valence-corrected chi connectivity index (χ3v) is 6.16. The summed E-state index contributed by atoms with van der Waals surface area (Å²) in [5.41, 5.74) is 2.36. The molecule has 1 aliphatic heterocycles. The maximum atomic E-state index is 13.3. The van der Waals surface area contributed by atoms with Crippen LogP contribution in [0.25, 0.3) is 16.3 Å². The number of hydrogen-bond donors (Lipinski definition) is 0. The molecule has 0 spiro atoms. The van der Waals surface area contributed by atoms with Crippen LogP contribution in [0.4, 0.5) is 18.9 Å². The molecule has 0 radical (unpaired) electrons. The quantitative estimate of drug-likeness (QED) is 0.403. The molecule has 1 amide bonds. The average Bonchev–Trinajstić information content (AvgIpc) is 3.51. The van der Waals surface area contributed by atoms with Gasteiger partial charge in [-0.05, 0) is 59.8 Å². The van der Waals surface area contributed by atoms with Gasteiger partial charge in [0.05, 0.1) is 16.3 Å². The molecule has 0 saturated heterocycles. The maximum Gasteiger partial charge on any atom is 0.435 e. The number of amides is 1. The third-order valence-electron chi connectivity index (χ3n) is 5.26. The SMILES string of the molecule is O=C(c1ccc(-n2nc(C(F)(F)F)cc2-c2cccs2)cc1)N1CCc2ccccc21. The number of nitrogens with zero attached hydrogens (tertiary/aromatic N) is 3. The molecule has 1 aliphatic rings. The average molecular weight is 439 g/mol. The van der Waals surface area contributed by atoms with Crippen molar-refractivity contribution in [1.82, 2.24) is 9.78 Å². The number of aromatic nitrogens is 2. The molecule has 0 fully saturated rings. The van der Waals surface area contributed by atoms with Crippen molar-refractivity contribution in [3.63, 3.8) is 0 Å². The number of alkyl halides is 3. The number of hydrogen-bond acceptors (Lipinski definition) is 3. The zero-order valence-electron chi connectivity index (χ0n) is 16.1. The summed E-state index contributed by atoms with van der Waals surface area (Å²) in [7, 11) is 0. The first-order chi connectivity index (χ1) is 14.9. The number of carbonyl (C=O) groups excluding carboxylic acids is 1. The van der Waals surface area contributed by atoms with E-state index < -0.39 is 11.9 Å². The summed E-state index contributed by atoms with van der Waals surface area (Å²) in [5, 5.41) is 5.59. The molecule has 0 N–H and O–H groups in total. The molecule has 0 aliphatic carbocycles. The van der Waals surface area contributed by atoms with E-state index in [4.69, 9.17) is 0 Å². The molecule has 0 saturated carbocycles. The zero-order valence-corrected chi connectivity index (χ0v) is 17.0. The van der Waals surface area contributed by atoms with Gasteiger partial charge in [0.1, 0.15) is 0 Å². The Balaban J connectivity index is 1.48. The molecule has 0 bridgehead atoms. The predicted molar refractivity (Wildman–Crippen MR) is 114 cm³/mol. The van der Waals surface area contributed by atoms with Crippen LogP contribution in [-0.2, 0) is 12.6 Å². The van der Waals surface area contributed by atoms with E-state index in [1.165, 1.54) is 16.0 Å². The van der Waals surface area contributed by atoms with Crippen LogP contribution in [-0.4, -0.2) is 22.2 Å². The number of thiophene rings is 1. The van der Waals surface area contributed by atoms with Gasteiger partial charge >= 0.3 is 6.18 Å². The normalized spacial score (nSPS) is 13.5. The Labute approximate surface area is 180 Å². The van der Waals surface area contributed by atoms with Gasteiger partial charge in [0, 0.05) is 17.8 Å². The monoisotopic (exact) mass is 439 g/mol. The van der Waals surface area contributed by atoms with E-state index in [1.807, 2.05) is 24.3 Å². The first-order valence-corrected chi connectivity index (χ1v) is 10.5. The number of para-hydroxylation sites is 1. The number of benzene rings is 2. The largest absolute Gasteiger partial charge is 0.435 e. The number of carbonyl (C=O) groups is 1. The summed E-state index contributed by atoms with van der Waals surface area (Å²) < 4.78 is 41.1. The highest BCUT2D eigenvalue weighted by Gasteiger charge is 2.35. The first-order valence-electron chi connectivity index (χ1n) is 9.63. The number of fused-ring (bicyclic) bond motifs is 1. The van der Waals surface area contributed by atoms with Gasteiger partial charge in [0.2, 0.25) is 0 Å². The lowest BCUT2D eigenvalue weighted by molar-refractivity contribution is -0.141. The highest BCUT2D eigenvalue weighted by atomic mass is 32.1. The molecule has 2 aromatic carbocycles. The second kappa shape index (κ2) is 7.39. The molecule has 31 heavy (non-hydrogen) atoms. The second-order valence-corrected chi connectivity index (χ2v) is 8.13. The van der Waals surface area contributed by atoms with Crippen molar-refractivity contribution in [3.05, 3.63) is 88.9 Å². The number of rotatable bonds is 3. The standard InChI is InChI=1S/C23H16F3N3OS/c24-23(25,26)21-14-19(20-6-3-13-31-20)29(27-21)17-9-7-16(8-10-17)22(30)28-12-11-15-4-1-2-5-18(15)28/h1-10,13-14H,11-12H2. The van der Waals surface area contributed by atoms with Crippen molar-refractivity contribution in [2.24, 2.45) is 0 Å². The van der Waals surface area contributed by atoms with Gasteiger partial charge in [-0.2, -0.15) is 18.3 Å². The third kappa shape index (κ3) is 3.53. The van der Waals surface area contributed by atoms with Gasteiger partial charge in [-0.1, -0.05) is 24.3 Å². The Morgan fingerprint density at radius 3 is 2.48 bits per heavy atom. The molecule has 156 valence electrons. The molecule has 8 heteroatoms. The van der Waals surface area contributed by atoms with Gasteiger partial charge in [-0.3, -0.25) is 4.79 Å². The molecule has 2 aromatic heterocycles. The molecule has 4 aromatic rings. The molecular weight excluding hydrogens is 423 g/mol. The lowest BCUT2D eigenvalue weighted by atomic mass is 10.1. The van der Waals surface area contributed by atoms with E-state index >= 15 is 0 Å². The fourth-order valence-electron chi connectivity index (χ4n) is 3.77. The van der Waals surface area contributed by atoms with Crippen LogP contribution in [0.15, 0.2) is 72.1 Å². The topological polar surface area (TPSA) is 38.1 Å². The number of halogens is 3. The summed E-state index contributed by atoms with van der Waals surface area (Å²) >= 11 is 1.34. The molecular formula is C23H16F3N3OS. The first kappa shape index (κ1) is 19.6. The fraction of sp³-hybridized carbons (Fsp3) is 0.130. The summed E-state index contributed by atoms with van der Waals surface area (Å²) in [5.74, 6) is -0.133. The molecule has 3 heterocycles. The Morgan fingerprint density at radius 2 is 1.77 bits per heavy atom. The molecule has 4 nitrogen and oxygen atoms in total. The van der Waals surface area contributed by atoms with Crippen molar-refractivity contribution < 1.29 is 18.0 Å². The zero-order chi connectivity index (χ0) is 21.6. The van der Waals surface area contributed by atoms with Gasteiger partial charge in [0.15, 0.2) is 5.69 Å². The maximum absolute atomic E-state index is 13.3. The van der Waals surface area contributed by atoms with Crippen LogP contribution in [0.2, 0.25) is 0 Å². The van der Waals surface area contributed by atoms with E-state index in [0.29, 0.717) is 28.4 Å². The van der Waals surface area contributed by atoms with Gasteiger partial charge in [0.25, 0.3) is 5.91 Å². The van der Waals surface area contributed by atoms with Gasteiger partial charge in [-0.15, -0.1) is 11.3 Å². The van der Waals surface area contributed by atoms with E-state index in [-0.39, 0.29) is 5.91 Å².